The van der Waals surface area contributed by atoms with Crippen molar-refractivity contribution in [1.82, 2.24) is 4.57 Å². The molecular formula is C23H19FN2O3S. The molecule has 0 aliphatic carbocycles. The van der Waals surface area contributed by atoms with Crippen molar-refractivity contribution in [2.75, 3.05) is 6.61 Å². The fourth-order valence-corrected chi connectivity index (χ4v) is 4.50. The second kappa shape index (κ2) is 8.20. The van der Waals surface area contributed by atoms with E-state index in [4.69, 9.17) is 4.74 Å². The molecule has 3 aromatic rings. The molecule has 152 valence electrons. The number of nitrogens with zero attached hydrogens (tertiary/aromatic N) is 2. The second-order valence-corrected chi connectivity index (χ2v) is 7.77. The number of carbonyl (C=O) groups is 1. The van der Waals surface area contributed by atoms with Crippen LogP contribution in [0.15, 0.2) is 75.7 Å². The van der Waals surface area contributed by atoms with Crippen LogP contribution in [0.1, 0.15) is 31.0 Å². The van der Waals surface area contributed by atoms with Gasteiger partial charge in [0.25, 0.3) is 5.56 Å². The minimum absolute atomic E-state index is 0.199. The lowest BCUT2D eigenvalue weighted by molar-refractivity contribution is -0.139. The van der Waals surface area contributed by atoms with Gasteiger partial charge in [-0.2, -0.15) is 0 Å². The van der Waals surface area contributed by atoms with Crippen LogP contribution in [-0.2, 0) is 9.53 Å². The van der Waals surface area contributed by atoms with E-state index >= 15 is 0 Å². The van der Waals surface area contributed by atoms with Gasteiger partial charge in [0.15, 0.2) is 4.80 Å². The fourth-order valence-electron chi connectivity index (χ4n) is 3.45. The topological polar surface area (TPSA) is 60.7 Å². The van der Waals surface area contributed by atoms with Crippen LogP contribution in [-0.4, -0.2) is 17.1 Å². The lowest BCUT2D eigenvalue weighted by Crippen LogP contribution is -2.39. The van der Waals surface area contributed by atoms with E-state index in [2.05, 4.69) is 4.99 Å². The summed E-state index contributed by atoms with van der Waals surface area (Å²) in [5.74, 6) is -0.931. The Balaban J connectivity index is 1.96. The number of rotatable bonds is 4. The van der Waals surface area contributed by atoms with Crippen molar-refractivity contribution in [3.63, 3.8) is 0 Å². The van der Waals surface area contributed by atoms with Gasteiger partial charge in [-0.25, -0.2) is 14.2 Å². The lowest BCUT2D eigenvalue weighted by Gasteiger charge is -2.24. The number of aromatic nitrogens is 1. The summed E-state index contributed by atoms with van der Waals surface area (Å²) >= 11 is 1.26. The van der Waals surface area contributed by atoms with Gasteiger partial charge in [0, 0.05) is 0 Å². The van der Waals surface area contributed by atoms with Gasteiger partial charge in [0.1, 0.15) is 5.82 Å². The van der Waals surface area contributed by atoms with Gasteiger partial charge in [0.2, 0.25) is 0 Å². The third kappa shape index (κ3) is 3.64. The molecule has 1 aromatic heterocycles. The molecule has 30 heavy (non-hydrogen) atoms. The number of thiazole rings is 1. The first-order valence-electron chi connectivity index (χ1n) is 9.49. The fraction of sp³-hybridized carbons (Fsp3) is 0.174. The van der Waals surface area contributed by atoms with E-state index in [1.165, 1.54) is 28.0 Å². The maximum Gasteiger partial charge on any atom is 0.338 e. The van der Waals surface area contributed by atoms with E-state index in [0.717, 1.165) is 5.56 Å². The average Bonchev–Trinajstić information content (AvgIpc) is 3.03. The van der Waals surface area contributed by atoms with E-state index in [1.807, 2.05) is 30.3 Å². The van der Waals surface area contributed by atoms with Crippen LogP contribution in [0, 0.1) is 5.82 Å². The summed E-state index contributed by atoms with van der Waals surface area (Å²) in [5, 5.41) is 0. The van der Waals surface area contributed by atoms with Gasteiger partial charge in [-0.05, 0) is 43.2 Å². The highest BCUT2D eigenvalue weighted by molar-refractivity contribution is 7.07. The molecule has 0 spiro atoms. The van der Waals surface area contributed by atoms with Gasteiger partial charge >= 0.3 is 5.97 Å². The van der Waals surface area contributed by atoms with E-state index < -0.39 is 17.8 Å². The maximum atomic E-state index is 13.5. The largest absolute Gasteiger partial charge is 0.463 e. The zero-order valence-electron chi connectivity index (χ0n) is 16.5. The Kier molecular flexibility index (Phi) is 5.46. The smallest absolute Gasteiger partial charge is 0.338 e. The van der Waals surface area contributed by atoms with Crippen LogP contribution in [0.2, 0.25) is 0 Å². The first-order valence-corrected chi connectivity index (χ1v) is 10.3. The third-order valence-electron chi connectivity index (χ3n) is 4.80. The van der Waals surface area contributed by atoms with Crippen LogP contribution >= 0.6 is 11.3 Å². The highest BCUT2D eigenvalue weighted by Gasteiger charge is 2.33. The molecule has 4 rings (SSSR count). The van der Waals surface area contributed by atoms with Crippen molar-refractivity contribution in [3.8, 4) is 0 Å². The minimum atomic E-state index is -0.737. The number of fused-ring (bicyclic) bond motifs is 1. The lowest BCUT2D eigenvalue weighted by atomic mass is 9.96. The van der Waals surface area contributed by atoms with Crippen LogP contribution in [0.3, 0.4) is 0 Å². The van der Waals surface area contributed by atoms with Gasteiger partial charge in [0.05, 0.1) is 28.5 Å². The molecule has 1 atom stereocenters. The molecule has 0 bridgehead atoms. The van der Waals surface area contributed by atoms with Crippen molar-refractivity contribution < 1.29 is 13.9 Å². The van der Waals surface area contributed by atoms with Gasteiger partial charge in [-0.1, -0.05) is 53.8 Å². The Morgan fingerprint density at radius 2 is 1.90 bits per heavy atom. The summed E-state index contributed by atoms with van der Waals surface area (Å²) in [7, 11) is 0. The SMILES string of the molecule is CCOC(=O)C1=C(C)N=c2sc(=Cc3ccccc3)c(=O)n2[C@@H]1c1ccc(F)cc1. The van der Waals surface area contributed by atoms with Crippen molar-refractivity contribution in [2.45, 2.75) is 19.9 Å². The molecule has 0 unspecified atom stereocenters. The van der Waals surface area contributed by atoms with Crippen molar-refractivity contribution in [2.24, 2.45) is 4.99 Å². The number of carbonyl (C=O) groups excluding carboxylic acids is 1. The van der Waals surface area contributed by atoms with Gasteiger partial charge in [-0.15, -0.1) is 0 Å². The Morgan fingerprint density at radius 1 is 1.20 bits per heavy atom. The summed E-state index contributed by atoms with van der Waals surface area (Å²) in [6.07, 6.45) is 1.80. The molecule has 2 heterocycles. The van der Waals surface area contributed by atoms with Crippen molar-refractivity contribution in [1.29, 1.82) is 0 Å². The monoisotopic (exact) mass is 422 g/mol. The molecule has 5 nitrogen and oxygen atoms in total. The standard InChI is InChI=1S/C23H19FN2O3S/c1-3-29-22(28)19-14(2)25-23-26(20(19)16-9-11-17(24)12-10-16)21(27)18(30-23)13-15-7-5-4-6-8-15/h4-13,20H,3H2,1-2H3/t20-/m1/s1. The normalized spacial score (nSPS) is 16.2. The van der Waals surface area contributed by atoms with Gasteiger partial charge < -0.3 is 4.74 Å². The molecule has 7 heteroatoms. The molecular weight excluding hydrogens is 403 g/mol. The van der Waals surface area contributed by atoms with Crippen LogP contribution < -0.4 is 14.9 Å². The Morgan fingerprint density at radius 3 is 2.57 bits per heavy atom. The highest BCUT2D eigenvalue weighted by atomic mass is 32.1. The predicted molar refractivity (Wildman–Crippen MR) is 113 cm³/mol. The first-order chi connectivity index (χ1) is 14.5. The molecule has 0 radical (unpaired) electrons. The molecule has 0 amide bonds. The highest BCUT2D eigenvalue weighted by Crippen LogP contribution is 2.30. The minimum Gasteiger partial charge on any atom is -0.463 e. The average molecular weight is 422 g/mol. The number of halogens is 1. The molecule has 0 N–H and O–H groups in total. The Hall–Kier alpha value is -3.32. The number of hydrogen-bond acceptors (Lipinski definition) is 5. The summed E-state index contributed by atoms with van der Waals surface area (Å²) in [6.45, 7) is 3.64. The number of esters is 1. The zero-order valence-corrected chi connectivity index (χ0v) is 17.3. The third-order valence-corrected chi connectivity index (χ3v) is 5.78. The predicted octanol–water partition coefficient (Wildman–Crippen LogP) is 2.94. The maximum absolute atomic E-state index is 13.5. The first kappa shape index (κ1) is 20.0. The Bertz CT molecular complexity index is 1310. The van der Waals surface area contributed by atoms with Crippen LogP contribution in [0.25, 0.3) is 6.08 Å². The molecule has 1 aliphatic heterocycles. The number of ether oxygens (including phenoxy) is 1. The van der Waals surface area contributed by atoms with Gasteiger partial charge in [-0.3, -0.25) is 9.36 Å². The molecule has 2 aromatic carbocycles. The van der Waals surface area contributed by atoms with E-state index in [-0.39, 0.29) is 17.7 Å². The quantitative estimate of drug-likeness (QED) is 0.608. The number of allylic oxidation sites excluding steroid dienone is 1. The Labute approximate surface area is 176 Å². The molecule has 1 aliphatic rings. The van der Waals surface area contributed by atoms with E-state index in [0.29, 0.717) is 20.6 Å². The van der Waals surface area contributed by atoms with Crippen molar-refractivity contribution in [3.05, 3.63) is 102 Å². The van der Waals surface area contributed by atoms with Crippen LogP contribution in [0.5, 0.6) is 0 Å². The summed E-state index contributed by atoms with van der Waals surface area (Å²) in [6, 6.07) is 14.6. The zero-order chi connectivity index (χ0) is 21.3. The molecule has 0 saturated heterocycles. The summed E-state index contributed by atoms with van der Waals surface area (Å²) < 4.78 is 20.8. The van der Waals surface area contributed by atoms with Crippen molar-refractivity contribution >= 4 is 23.4 Å². The van der Waals surface area contributed by atoms with E-state index in [1.54, 1.807) is 32.1 Å². The van der Waals surface area contributed by atoms with Crippen LogP contribution in [0.4, 0.5) is 4.39 Å². The molecule has 0 fully saturated rings. The molecule has 0 saturated carbocycles. The van der Waals surface area contributed by atoms with E-state index in [9.17, 15) is 14.0 Å². The number of benzene rings is 2. The second-order valence-electron chi connectivity index (χ2n) is 6.76. The summed E-state index contributed by atoms with van der Waals surface area (Å²) in [5.41, 5.74) is 2.01. The number of hydrogen-bond donors (Lipinski definition) is 0. The summed E-state index contributed by atoms with van der Waals surface area (Å²) in [4.78, 5) is 31.1.